The molecule has 0 aliphatic heterocycles. The van der Waals surface area contributed by atoms with Gasteiger partial charge in [-0.2, -0.15) is 0 Å². The predicted molar refractivity (Wildman–Crippen MR) is 101 cm³/mol. The number of carbonyl (C=O) groups is 2. The van der Waals surface area contributed by atoms with Crippen molar-refractivity contribution in [3.63, 3.8) is 0 Å². The molecule has 1 aliphatic carbocycles. The molecule has 134 valence electrons. The number of amides is 1. The SMILES string of the molecule is C=C/C(Br)=C\C=C\NC(=O)C(C(C)C(=O)O)C(CCC)C1(C)CC1. The Balaban J connectivity index is 2.94. The standard InChI is InChI=1S/C19H28BrNO3/c1-5-8-15(19(4)10-11-19)16(13(3)18(23)24)17(22)21-12-7-9-14(20)6-2/h6-7,9,12-13,15-16H,2,5,8,10-11H2,1,3-4H3,(H,21,22)(H,23,24)/b12-7+,14-9+. The Kier molecular flexibility index (Phi) is 7.94. The number of hydrogen-bond acceptors (Lipinski definition) is 2. The second-order valence-electron chi connectivity index (χ2n) is 6.83. The smallest absolute Gasteiger partial charge is 0.307 e. The van der Waals surface area contributed by atoms with Gasteiger partial charge in [-0.05, 0) is 42.7 Å². The highest BCUT2D eigenvalue weighted by atomic mass is 79.9. The van der Waals surface area contributed by atoms with Crippen LogP contribution in [0, 0.1) is 23.2 Å². The lowest BCUT2D eigenvalue weighted by molar-refractivity contribution is -0.148. The van der Waals surface area contributed by atoms with Gasteiger partial charge < -0.3 is 10.4 Å². The van der Waals surface area contributed by atoms with E-state index in [4.69, 9.17) is 0 Å². The normalized spacial score (nSPS) is 20.2. The van der Waals surface area contributed by atoms with E-state index in [0.29, 0.717) is 0 Å². The van der Waals surface area contributed by atoms with Crippen LogP contribution >= 0.6 is 15.9 Å². The molecule has 0 bridgehead atoms. The minimum Gasteiger partial charge on any atom is -0.481 e. The van der Waals surface area contributed by atoms with Crippen LogP contribution in [0.15, 0.2) is 35.5 Å². The maximum absolute atomic E-state index is 12.7. The highest BCUT2D eigenvalue weighted by Gasteiger charge is 2.51. The molecule has 0 spiro atoms. The Labute approximate surface area is 153 Å². The fraction of sp³-hybridized carbons (Fsp3) is 0.579. The second kappa shape index (κ2) is 9.21. The van der Waals surface area contributed by atoms with Gasteiger partial charge in [-0.3, -0.25) is 9.59 Å². The molecule has 5 heteroatoms. The first-order valence-corrected chi connectivity index (χ1v) is 9.24. The number of nitrogens with one attached hydrogen (secondary N) is 1. The van der Waals surface area contributed by atoms with Crippen LogP contribution in [0.4, 0.5) is 0 Å². The Hall–Kier alpha value is -1.36. The fourth-order valence-electron chi connectivity index (χ4n) is 3.19. The first-order chi connectivity index (χ1) is 11.3. The second-order valence-corrected chi connectivity index (χ2v) is 7.74. The van der Waals surface area contributed by atoms with Crippen molar-refractivity contribution in [1.82, 2.24) is 5.32 Å². The number of carboxylic acids is 1. The van der Waals surface area contributed by atoms with Crippen molar-refractivity contribution in [2.24, 2.45) is 23.2 Å². The zero-order valence-electron chi connectivity index (χ0n) is 14.7. The third-order valence-electron chi connectivity index (χ3n) is 4.97. The molecule has 0 radical (unpaired) electrons. The summed E-state index contributed by atoms with van der Waals surface area (Å²) in [5, 5.41) is 12.2. The van der Waals surface area contributed by atoms with E-state index in [2.05, 4.69) is 41.7 Å². The fourth-order valence-corrected chi connectivity index (χ4v) is 3.34. The Bertz CT molecular complexity index is 535. The lowest BCUT2D eigenvalue weighted by Crippen LogP contribution is -2.42. The molecular weight excluding hydrogens is 370 g/mol. The Morgan fingerprint density at radius 3 is 2.50 bits per heavy atom. The third-order valence-corrected chi connectivity index (χ3v) is 5.56. The number of rotatable bonds is 10. The van der Waals surface area contributed by atoms with E-state index in [1.807, 2.05) is 0 Å². The molecule has 0 saturated heterocycles. The molecule has 0 aromatic rings. The van der Waals surface area contributed by atoms with E-state index in [-0.39, 0.29) is 17.2 Å². The van der Waals surface area contributed by atoms with Crippen molar-refractivity contribution in [3.8, 4) is 0 Å². The van der Waals surface area contributed by atoms with Crippen molar-refractivity contribution < 1.29 is 14.7 Å². The summed E-state index contributed by atoms with van der Waals surface area (Å²) in [5.74, 6) is -2.26. The van der Waals surface area contributed by atoms with Crippen molar-refractivity contribution in [2.75, 3.05) is 0 Å². The van der Waals surface area contributed by atoms with Crippen molar-refractivity contribution in [3.05, 3.63) is 35.5 Å². The Morgan fingerprint density at radius 1 is 1.42 bits per heavy atom. The van der Waals surface area contributed by atoms with Crippen LogP contribution in [0.1, 0.15) is 46.5 Å². The van der Waals surface area contributed by atoms with E-state index < -0.39 is 17.8 Å². The van der Waals surface area contributed by atoms with Gasteiger partial charge in [-0.15, -0.1) is 0 Å². The highest BCUT2D eigenvalue weighted by Crippen LogP contribution is 2.56. The molecule has 24 heavy (non-hydrogen) atoms. The van der Waals surface area contributed by atoms with Gasteiger partial charge in [0.15, 0.2) is 0 Å². The van der Waals surface area contributed by atoms with Crippen LogP contribution in [0.2, 0.25) is 0 Å². The van der Waals surface area contributed by atoms with Gasteiger partial charge in [-0.25, -0.2) is 0 Å². The maximum Gasteiger partial charge on any atom is 0.307 e. The quantitative estimate of drug-likeness (QED) is 0.527. The lowest BCUT2D eigenvalue weighted by Gasteiger charge is -2.33. The van der Waals surface area contributed by atoms with E-state index in [0.717, 1.165) is 30.2 Å². The summed E-state index contributed by atoms with van der Waals surface area (Å²) in [4.78, 5) is 24.3. The number of allylic oxidation sites excluding steroid dienone is 4. The maximum atomic E-state index is 12.7. The molecule has 1 rings (SSSR count). The number of hydrogen-bond donors (Lipinski definition) is 2. The molecule has 2 N–H and O–H groups in total. The van der Waals surface area contributed by atoms with Gasteiger partial charge >= 0.3 is 5.97 Å². The van der Waals surface area contributed by atoms with Crippen LogP contribution in [-0.2, 0) is 9.59 Å². The van der Waals surface area contributed by atoms with Crippen molar-refractivity contribution in [2.45, 2.75) is 46.5 Å². The summed E-state index contributed by atoms with van der Waals surface area (Å²) in [6.45, 7) is 9.51. The largest absolute Gasteiger partial charge is 0.481 e. The summed E-state index contributed by atoms with van der Waals surface area (Å²) in [5.41, 5.74) is 0.0945. The lowest BCUT2D eigenvalue weighted by atomic mass is 9.71. The van der Waals surface area contributed by atoms with Gasteiger partial charge in [0.25, 0.3) is 0 Å². The van der Waals surface area contributed by atoms with Gasteiger partial charge in [0.1, 0.15) is 0 Å². The zero-order chi connectivity index (χ0) is 18.3. The minimum absolute atomic E-state index is 0.0945. The number of carbonyl (C=O) groups excluding carboxylic acids is 1. The monoisotopic (exact) mass is 397 g/mol. The van der Waals surface area contributed by atoms with Gasteiger partial charge in [0, 0.05) is 10.7 Å². The van der Waals surface area contributed by atoms with E-state index in [1.165, 1.54) is 0 Å². The molecule has 0 aromatic heterocycles. The van der Waals surface area contributed by atoms with Crippen LogP contribution in [0.5, 0.6) is 0 Å². The molecule has 4 nitrogen and oxygen atoms in total. The predicted octanol–water partition coefficient (Wildman–Crippen LogP) is 4.63. The van der Waals surface area contributed by atoms with Crippen molar-refractivity contribution >= 4 is 27.8 Å². The zero-order valence-corrected chi connectivity index (χ0v) is 16.3. The average molecular weight is 398 g/mol. The number of halogens is 1. The topological polar surface area (TPSA) is 66.4 Å². The van der Waals surface area contributed by atoms with E-state index in [9.17, 15) is 14.7 Å². The summed E-state index contributed by atoms with van der Waals surface area (Å²) in [6, 6.07) is 0. The van der Waals surface area contributed by atoms with Gasteiger partial charge in [0.2, 0.25) is 5.91 Å². The number of carboxylic acid groups (broad SMARTS) is 1. The van der Waals surface area contributed by atoms with Crippen LogP contribution < -0.4 is 5.32 Å². The molecule has 1 fully saturated rings. The molecule has 1 saturated carbocycles. The van der Waals surface area contributed by atoms with E-state index in [1.54, 1.807) is 31.4 Å². The summed E-state index contributed by atoms with van der Waals surface area (Å²) in [6.07, 6.45) is 10.6. The molecule has 3 atom stereocenters. The molecule has 1 aliphatic rings. The molecule has 0 heterocycles. The van der Waals surface area contributed by atoms with Gasteiger partial charge in [0.05, 0.1) is 11.8 Å². The first kappa shape index (κ1) is 20.7. The van der Waals surface area contributed by atoms with Crippen LogP contribution in [-0.4, -0.2) is 17.0 Å². The molecule has 1 amide bonds. The van der Waals surface area contributed by atoms with E-state index >= 15 is 0 Å². The molecule has 0 aromatic carbocycles. The van der Waals surface area contributed by atoms with Crippen LogP contribution in [0.3, 0.4) is 0 Å². The minimum atomic E-state index is -0.918. The average Bonchev–Trinajstić information content (AvgIpc) is 3.29. The van der Waals surface area contributed by atoms with Gasteiger partial charge in [-0.1, -0.05) is 55.8 Å². The Morgan fingerprint density at radius 2 is 2.04 bits per heavy atom. The first-order valence-electron chi connectivity index (χ1n) is 8.44. The summed E-state index contributed by atoms with van der Waals surface area (Å²) in [7, 11) is 0. The third kappa shape index (κ3) is 5.62. The van der Waals surface area contributed by atoms with Crippen LogP contribution in [0.25, 0.3) is 0 Å². The van der Waals surface area contributed by atoms with Crippen molar-refractivity contribution in [1.29, 1.82) is 0 Å². The highest BCUT2D eigenvalue weighted by molar-refractivity contribution is 9.11. The summed E-state index contributed by atoms with van der Waals surface area (Å²) < 4.78 is 0.804. The summed E-state index contributed by atoms with van der Waals surface area (Å²) >= 11 is 3.29. The number of aliphatic carboxylic acids is 1. The molecule has 3 unspecified atom stereocenters. The molecular formula is C19H28BrNO3.